The molecule has 0 aliphatic carbocycles. The van der Waals surface area contributed by atoms with Gasteiger partial charge in [-0.2, -0.15) is 11.3 Å². The van der Waals surface area contributed by atoms with Crippen molar-refractivity contribution in [1.82, 2.24) is 0 Å². The molecule has 0 spiro atoms. The maximum atomic E-state index is 5.72. The number of ether oxygens (including phenoxy) is 1. The van der Waals surface area contributed by atoms with Crippen LogP contribution in [0.4, 0.5) is 0 Å². The minimum atomic E-state index is 1.02. The Kier molecular flexibility index (Phi) is 2.63. The second kappa shape index (κ2) is 4.27. The molecule has 0 unspecified atom stereocenters. The Hall–Kier alpha value is -1.45. The van der Waals surface area contributed by atoms with Crippen LogP contribution in [0.3, 0.4) is 0 Å². The molecule has 0 amide bonds. The smallest absolute Gasteiger partial charge is 0.152 e. The molecule has 0 atom stereocenters. The Morgan fingerprint density at radius 2 is 1.60 bits per heavy atom. The van der Waals surface area contributed by atoms with Gasteiger partial charge in [0.05, 0.1) is 11.8 Å². The van der Waals surface area contributed by atoms with E-state index in [1.165, 1.54) is 40.5 Å². The molecule has 2 aromatic carbocycles. The predicted molar refractivity (Wildman–Crippen MR) is 97.6 cm³/mol. The standard InChI is InChI=1S/C15H12B2OS2/c1-18-14-10-3-8-5-12(16)19-11(8)4-7(10)2-9-6-13(17)20-15(9)14/h2-6H,16-17H2,1H3. The van der Waals surface area contributed by atoms with Crippen molar-refractivity contribution in [3.63, 3.8) is 0 Å². The van der Waals surface area contributed by atoms with Crippen LogP contribution in [0.15, 0.2) is 30.3 Å². The molecule has 0 aliphatic rings. The van der Waals surface area contributed by atoms with Gasteiger partial charge in [-0.1, -0.05) is 12.1 Å². The van der Waals surface area contributed by atoms with E-state index >= 15 is 0 Å². The third kappa shape index (κ3) is 1.70. The van der Waals surface area contributed by atoms with E-state index < -0.39 is 0 Å². The highest BCUT2D eigenvalue weighted by Crippen LogP contribution is 2.39. The summed E-state index contributed by atoms with van der Waals surface area (Å²) in [5.74, 6) is 1.02. The predicted octanol–water partition coefficient (Wildman–Crippen LogP) is 1.79. The summed E-state index contributed by atoms with van der Waals surface area (Å²) in [5, 5.41) is 5.07. The Bertz CT molecular complexity index is 963. The van der Waals surface area contributed by atoms with E-state index in [1.54, 1.807) is 18.4 Å². The normalized spacial score (nSPS) is 11.7. The average Bonchev–Trinajstić information content (AvgIpc) is 2.93. The number of thiophene rings is 2. The van der Waals surface area contributed by atoms with Crippen LogP contribution in [0.5, 0.6) is 5.75 Å². The van der Waals surface area contributed by atoms with Gasteiger partial charge < -0.3 is 4.74 Å². The minimum absolute atomic E-state index is 1.02. The first kappa shape index (κ1) is 12.3. The van der Waals surface area contributed by atoms with Crippen LogP contribution in [-0.4, -0.2) is 22.8 Å². The van der Waals surface area contributed by atoms with Crippen molar-refractivity contribution in [1.29, 1.82) is 0 Å². The molecule has 1 nitrogen and oxygen atoms in total. The number of rotatable bonds is 1. The SMILES string of the molecule is Bc1cc2cc3c(OC)c4sc(B)cc4cc3cc2s1. The fourth-order valence-electron chi connectivity index (χ4n) is 2.86. The molecule has 4 rings (SSSR count). The maximum absolute atomic E-state index is 5.72. The van der Waals surface area contributed by atoms with Crippen LogP contribution in [0.25, 0.3) is 30.9 Å². The molecule has 0 saturated heterocycles. The molecule has 5 heteroatoms. The van der Waals surface area contributed by atoms with Crippen molar-refractivity contribution < 1.29 is 4.74 Å². The van der Waals surface area contributed by atoms with Gasteiger partial charge in [0.15, 0.2) is 15.7 Å². The minimum Gasteiger partial charge on any atom is -0.495 e. The van der Waals surface area contributed by atoms with Crippen LogP contribution in [0.2, 0.25) is 0 Å². The van der Waals surface area contributed by atoms with E-state index in [2.05, 4.69) is 46.0 Å². The summed E-state index contributed by atoms with van der Waals surface area (Å²) in [6, 6.07) is 11.3. The summed E-state index contributed by atoms with van der Waals surface area (Å²) in [6.07, 6.45) is 0. The van der Waals surface area contributed by atoms with Gasteiger partial charge >= 0.3 is 0 Å². The molecule has 0 saturated carbocycles. The second-order valence-corrected chi connectivity index (χ2v) is 7.70. The summed E-state index contributed by atoms with van der Waals surface area (Å²) >= 11 is 3.66. The highest BCUT2D eigenvalue weighted by Gasteiger charge is 2.12. The molecule has 2 aromatic heterocycles. The van der Waals surface area contributed by atoms with Crippen molar-refractivity contribution in [2.75, 3.05) is 7.11 Å². The first-order valence-electron chi connectivity index (χ1n) is 6.57. The molecule has 20 heavy (non-hydrogen) atoms. The van der Waals surface area contributed by atoms with Gasteiger partial charge in [0.2, 0.25) is 0 Å². The molecule has 0 N–H and O–H groups in total. The first-order valence-corrected chi connectivity index (χ1v) is 8.20. The summed E-state index contributed by atoms with van der Waals surface area (Å²) in [7, 11) is 6.08. The van der Waals surface area contributed by atoms with E-state index in [0.717, 1.165) is 5.75 Å². The first-order chi connectivity index (χ1) is 9.65. The quantitative estimate of drug-likeness (QED) is 0.486. The zero-order valence-electron chi connectivity index (χ0n) is 11.6. The molecule has 96 valence electrons. The Morgan fingerprint density at radius 1 is 0.850 bits per heavy atom. The molecule has 4 aromatic rings. The van der Waals surface area contributed by atoms with Gasteiger partial charge in [-0.15, -0.1) is 11.3 Å². The Labute approximate surface area is 127 Å². The lowest BCUT2D eigenvalue weighted by molar-refractivity contribution is 0.425. The van der Waals surface area contributed by atoms with Gasteiger partial charge in [-0.25, -0.2) is 0 Å². The second-order valence-electron chi connectivity index (χ2n) is 5.15. The van der Waals surface area contributed by atoms with Crippen LogP contribution in [0.1, 0.15) is 0 Å². The topological polar surface area (TPSA) is 9.23 Å². The van der Waals surface area contributed by atoms with Gasteiger partial charge in [0.25, 0.3) is 0 Å². The summed E-state index contributed by atoms with van der Waals surface area (Å²) in [5.41, 5.74) is 0. The zero-order valence-corrected chi connectivity index (χ0v) is 13.2. The Morgan fingerprint density at radius 3 is 2.40 bits per heavy atom. The van der Waals surface area contributed by atoms with Crippen molar-refractivity contribution >= 4 is 78.9 Å². The van der Waals surface area contributed by atoms with Gasteiger partial charge in [-0.3, -0.25) is 0 Å². The lowest BCUT2D eigenvalue weighted by Gasteiger charge is -2.07. The van der Waals surface area contributed by atoms with E-state index in [9.17, 15) is 0 Å². The zero-order chi connectivity index (χ0) is 13.9. The highest BCUT2D eigenvalue weighted by atomic mass is 32.1. The average molecular weight is 294 g/mol. The molecule has 0 fully saturated rings. The monoisotopic (exact) mass is 294 g/mol. The number of benzene rings is 2. The van der Waals surface area contributed by atoms with Gasteiger partial charge in [0, 0.05) is 10.1 Å². The third-order valence-corrected chi connectivity index (χ3v) is 5.74. The van der Waals surface area contributed by atoms with Crippen molar-refractivity contribution in [2.24, 2.45) is 0 Å². The number of methoxy groups -OCH3 is 1. The molecular weight excluding hydrogens is 282 g/mol. The van der Waals surface area contributed by atoms with E-state index in [-0.39, 0.29) is 0 Å². The lowest BCUT2D eigenvalue weighted by atomic mass is 10.0. The van der Waals surface area contributed by atoms with Crippen LogP contribution in [0, 0.1) is 0 Å². The van der Waals surface area contributed by atoms with E-state index in [4.69, 9.17) is 4.74 Å². The fraction of sp³-hybridized carbons (Fsp3) is 0.0667. The molecule has 2 heterocycles. The van der Waals surface area contributed by atoms with Crippen LogP contribution >= 0.6 is 22.7 Å². The third-order valence-electron chi connectivity index (χ3n) is 3.66. The van der Waals surface area contributed by atoms with Crippen molar-refractivity contribution in [3.05, 3.63) is 30.3 Å². The van der Waals surface area contributed by atoms with Crippen molar-refractivity contribution in [3.8, 4) is 5.75 Å². The molecule has 0 radical (unpaired) electrons. The molecule has 0 aliphatic heterocycles. The van der Waals surface area contributed by atoms with E-state index in [1.807, 2.05) is 11.3 Å². The maximum Gasteiger partial charge on any atom is 0.152 e. The number of hydrogen-bond donors (Lipinski definition) is 0. The van der Waals surface area contributed by atoms with Crippen molar-refractivity contribution in [2.45, 2.75) is 0 Å². The number of fused-ring (bicyclic) bond motifs is 3. The molecular formula is C15H12B2OS2. The fourth-order valence-corrected chi connectivity index (χ4v) is 4.85. The summed E-state index contributed by atoms with van der Waals surface area (Å²) < 4.78 is 11.0. The largest absolute Gasteiger partial charge is 0.495 e. The van der Waals surface area contributed by atoms with Crippen LogP contribution in [-0.2, 0) is 0 Å². The van der Waals surface area contributed by atoms with E-state index in [0.29, 0.717) is 0 Å². The Balaban J connectivity index is 2.22. The van der Waals surface area contributed by atoms with Crippen LogP contribution < -0.4 is 14.3 Å². The highest BCUT2D eigenvalue weighted by molar-refractivity contribution is 7.27. The van der Waals surface area contributed by atoms with Gasteiger partial charge in [-0.05, 0) is 43.9 Å². The lowest BCUT2D eigenvalue weighted by Crippen LogP contribution is -1.88. The molecule has 0 bridgehead atoms. The summed E-state index contributed by atoms with van der Waals surface area (Å²) in [4.78, 5) is 0. The van der Waals surface area contributed by atoms with Gasteiger partial charge in [0.1, 0.15) is 5.75 Å². The number of hydrogen-bond acceptors (Lipinski definition) is 3. The summed E-state index contributed by atoms with van der Waals surface area (Å²) in [6.45, 7) is 0.